The van der Waals surface area contributed by atoms with Crippen LogP contribution in [0.2, 0.25) is 0 Å². The van der Waals surface area contributed by atoms with E-state index in [-0.39, 0.29) is 17.7 Å². The molecule has 130 valence electrons. The SMILES string of the molecule is Cc1cc(C)c(NC(=O)CCC2Cc3ccccc3NC2=O)c(C)n1. The number of hydrogen-bond acceptors (Lipinski definition) is 3. The quantitative estimate of drug-likeness (QED) is 0.896. The molecule has 0 radical (unpaired) electrons. The molecule has 0 spiro atoms. The van der Waals surface area contributed by atoms with E-state index in [1.165, 1.54) is 0 Å². The van der Waals surface area contributed by atoms with Crippen LogP contribution >= 0.6 is 0 Å². The fourth-order valence-electron chi connectivity index (χ4n) is 3.37. The van der Waals surface area contributed by atoms with Gasteiger partial charge in [-0.15, -0.1) is 0 Å². The summed E-state index contributed by atoms with van der Waals surface area (Å²) in [5.41, 5.74) is 5.53. The highest BCUT2D eigenvalue weighted by Crippen LogP contribution is 2.28. The molecule has 2 N–H and O–H groups in total. The molecular weight excluding hydrogens is 314 g/mol. The van der Waals surface area contributed by atoms with Crippen molar-refractivity contribution in [3.05, 3.63) is 52.8 Å². The van der Waals surface area contributed by atoms with Gasteiger partial charge in [-0.2, -0.15) is 0 Å². The maximum Gasteiger partial charge on any atom is 0.227 e. The minimum absolute atomic E-state index is 0.00383. The fourth-order valence-corrected chi connectivity index (χ4v) is 3.37. The Morgan fingerprint density at radius 2 is 2.04 bits per heavy atom. The number of benzene rings is 1. The molecule has 25 heavy (non-hydrogen) atoms. The predicted molar refractivity (Wildman–Crippen MR) is 98.6 cm³/mol. The number of nitrogens with one attached hydrogen (secondary N) is 2. The molecule has 1 aromatic heterocycles. The van der Waals surface area contributed by atoms with Crippen LogP contribution in [-0.2, 0) is 16.0 Å². The first-order valence-corrected chi connectivity index (χ1v) is 8.57. The Bertz CT molecular complexity index is 806. The number of pyridine rings is 1. The number of aryl methyl sites for hydroxylation is 3. The first kappa shape index (κ1) is 17.1. The molecule has 0 bridgehead atoms. The van der Waals surface area contributed by atoms with Crippen LogP contribution in [0, 0.1) is 26.7 Å². The van der Waals surface area contributed by atoms with Crippen molar-refractivity contribution in [3.8, 4) is 0 Å². The van der Waals surface area contributed by atoms with Gasteiger partial charge in [0.1, 0.15) is 0 Å². The smallest absolute Gasteiger partial charge is 0.227 e. The average Bonchev–Trinajstić information content (AvgIpc) is 2.56. The number of anilines is 2. The van der Waals surface area contributed by atoms with Gasteiger partial charge in [-0.05, 0) is 56.9 Å². The topological polar surface area (TPSA) is 71.1 Å². The van der Waals surface area contributed by atoms with Gasteiger partial charge >= 0.3 is 0 Å². The summed E-state index contributed by atoms with van der Waals surface area (Å²) >= 11 is 0. The third-order valence-corrected chi connectivity index (χ3v) is 4.62. The second-order valence-corrected chi connectivity index (χ2v) is 6.68. The van der Waals surface area contributed by atoms with Crippen molar-refractivity contribution < 1.29 is 9.59 Å². The summed E-state index contributed by atoms with van der Waals surface area (Å²) in [4.78, 5) is 28.9. The van der Waals surface area contributed by atoms with Crippen molar-refractivity contribution in [2.45, 2.75) is 40.0 Å². The van der Waals surface area contributed by atoms with Crippen LogP contribution < -0.4 is 10.6 Å². The number of hydrogen-bond donors (Lipinski definition) is 2. The van der Waals surface area contributed by atoms with E-state index >= 15 is 0 Å². The highest BCUT2D eigenvalue weighted by atomic mass is 16.2. The molecule has 0 aliphatic carbocycles. The van der Waals surface area contributed by atoms with E-state index in [0.717, 1.165) is 33.9 Å². The minimum Gasteiger partial charge on any atom is -0.326 e. The molecule has 2 heterocycles. The van der Waals surface area contributed by atoms with Gasteiger partial charge < -0.3 is 10.6 Å². The number of amides is 2. The Balaban J connectivity index is 1.61. The van der Waals surface area contributed by atoms with Crippen LogP contribution in [0.4, 0.5) is 11.4 Å². The lowest BCUT2D eigenvalue weighted by Gasteiger charge is -2.24. The number of fused-ring (bicyclic) bond motifs is 1. The number of para-hydroxylation sites is 1. The Morgan fingerprint density at radius 3 is 2.80 bits per heavy atom. The summed E-state index contributed by atoms with van der Waals surface area (Å²) in [6, 6.07) is 9.76. The molecule has 1 unspecified atom stereocenters. The first-order chi connectivity index (χ1) is 11.9. The number of rotatable bonds is 4. The molecule has 2 aromatic rings. The van der Waals surface area contributed by atoms with Gasteiger partial charge in [0.15, 0.2) is 0 Å². The van der Waals surface area contributed by atoms with Crippen LogP contribution in [0.15, 0.2) is 30.3 Å². The standard InChI is InChI=1S/C20H23N3O2/c1-12-10-13(2)21-14(3)19(12)23-18(24)9-8-16-11-15-6-4-5-7-17(15)22-20(16)25/h4-7,10,16H,8-9,11H2,1-3H3,(H,22,25)(H,23,24). The monoisotopic (exact) mass is 337 g/mol. The van der Waals surface area contributed by atoms with Gasteiger partial charge in [0, 0.05) is 23.7 Å². The van der Waals surface area contributed by atoms with Gasteiger partial charge in [0.2, 0.25) is 11.8 Å². The van der Waals surface area contributed by atoms with Crippen molar-refractivity contribution in [3.63, 3.8) is 0 Å². The summed E-state index contributed by atoms with van der Waals surface area (Å²) in [6.07, 6.45) is 1.52. The molecule has 3 rings (SSSR count). The van der Waals surface area contributed by atoms with Gasteiger partial charge in [-0.25, -0.2) is 0 Å². The van der Waals surface area contributed by atoms with E-state index in [0.29, 0.717) is 19.3 Å². The predicted octanol–water partition coefficient (Wildman–Crippen LogP) is 3.54. The maximum absolute atomic E-state index is 12.3. The van der Waals surface area contributed by atoms with E-state index < -0.39 is 0 Å². The van der Waals surface area contributed by atoms with Crippen molar-refractivity contribution in [2.75, 3.05) is 10.6 Å². The molecule has 0 saturated heterocycles. The van der Waals surface area contributed by atoms with Crippen molar-refractivity contribution in [1.82, 2.24) is 4.98 Å². The van der Waals surface area contributed by atoms with Gasteiger partial charge in [-0.3, -0.25) is 14.6 Å². The Kier molecular flexibility index (Phi) is 4.83. The summed E-state index contributed by atoms with van der Waals surface area (Å²) in [7, 11) is 0. The molecule has 1 aliphatic rings. The van der Waals surface area contributed by atoms with E-state index in [2.05, 4.69) is 15.6 Å². The summed E-state index contributed by atoms with van der Waals surface area (Å²) < 4.78 is 0. The Morgan fingerprint density at radius 1 is 1.28 bits per heavy atom. The molecule has 5 heteroatoms. The molecule has 1 aromatic carbocycles. The third kappa shape index (κ3) is 3.87. The van der Waals surface area contributed by atoms with Crippen molar-refractivity contribution in [1.29, 1.82) is 0 Å². The largest absolute Gasteiger partial charge is 0.326 e. The lowest BCUT2D eigenvalue weighted by molar-refractivity contribution is -0.121. The van der Waals surface area contributed by atoms with Crippen LogP contribution in [-0.4, -0.2) is 16.8 Å². The van der Waals surface area contributed by atoms with E-state index in [4.69, 9.17) is 0 Å². The molecule has 2 amide bonds. The number of carbonyl (C=O) groups is 2. The van der Waals surface area contributed by atoms with Crippen LogP contribution in [0.25, 0.3) is 0 Å². The average molecular weight is 337 g/mol. The van der Waals surface area contributed by atoms with E-state index in [1.54, 1.807) is 0 Å². The normalized spacial score (nSPS) is 16.1. The molecule has 1 aliphatic heterocycles. The highest BCUT2D eigenvalue weighted by Gasteiger charge is 2.26. The molecule has 0 saturated carbocycles. The number of aromatic nitrogens is 1. The number of carbonyl (C=O) groups excluding carboxylic acids is 2. The zero-order chi connectivity index (χ0) is 18.0. The Hall–Kier alpha value is -2.69. The molecule has 1 atom stereocenters. The maximum atomic E-state index is 12.3. The van der Waals surface area contributed by atoms with Crippen LogP contribution in [0.1, 0.15) is 35.4 Å². The third-order valence-electron chi connectivity index (χ3n) is 4.62. The van der Waals surface area contributed by atoms with Crippen molar-refractivity contribution in [2.24, 2.45) is 5.92 Å². The van der Waals surface area contributed by atoms with Gasteiger partial charge in [0.05, 0.1) is 11.4 Å². The van der Waals surface area contributed by atoms with Crippen molar-refractivity contribution >= 4 is 23.2 Å². The van der Waals surface area contributed by atoms with Gasteiger partial charge in [-0.1, -0.05) is 18.2 Å². The first-order valence-electron chi connectivity index (χ1n) is 8.57. The lowest BCUT2D eigenvalue weighted by atomic mass is 9.89. The summed E-state index contributed by atoms with van der Waals surface area (Å²) in [6.45, 7) is 5.79. The van der Waals surface area contributed by atoms with Crippen LogP contribution in [0.5, 0.6) is 0 Å². The second-order valence-electron chi connectivity index (χ2n) is 6.68. The number of nitrogens with zero attached hydrogens (tertiary/aromatic N) is 1. The minimum atomic E-state index is -0.168. The van der Waals surface area contributed by atoms with E-state index in [1.807, 2.05) is 51.1 Å². The summed E-state index contributed by atoms with van der Waals surface area (Å²) in [5, 5.41) is 5.87. The second kappa shape index (κ2) is 7.05. The fraction of sp³-hybridized carbons (Fsp3) is 0.350. The van der Waals surface area contributed by atoms with Crippen LogP contribution in [0.3, 0.4) is 0 Å². The lowest BCUT2D eigenvalue weighted by Crippen LogP contribution is -2.30. The summed E-state index contributed by atoms with van der Waals surface area (Å²) in [5.74, 6) is -0.252. The Labute approximate surface area is 147 Å². The van der Waals surface area contributed by atoms with E-state index in [9.17, 15) is 9.59 Å². The molecule has 5 nitrogen and oxygen atoms in total. The molecule has 0 fully saturated rings. The highest BCUT2D eigenvalue weighted by molar-refractivity contribution is 5.96. The van der Waals surface area contributed by atoms with Gasteiger partial charge in [0.25, 0.3) is 0 Å². The molecular formula is C20H23N3O2. The zero-order valence-electron chi connectivity index (χ0n) is 14.8. The zero-order valence-corrected chi connectivity index (χ0v) is 14.8.